The molecule has 1 aromatic heterocycles. The van der Waals surface area contributed by atoms with Gasteiger partial charge in [0.25, 0.3) is 0 Å². The second-order valence-electron chi connectivity index (χ2n) is 5.27. The molecule has 1 saturated heterocycles. The van der Waals surface area contributed by atoms with Gasteiger partial charge in [-0.2, -0.15) is 0 Å². The van der Waals surface area contributed by atoms with E-state index in [9.17, 15) is 14.7 Å². The second-order valence-corrected chi connectivity index (χ2v) is 5.27. The largest absolute Gasteiger partial charge is 0.479 e. The maximum atomic E-state index is 12.4. The normalized spacial score (nSPS) is 21.9. The van der Waals surface area contributed by atoms with Crippen molar-refractivity contribution in [3.8, 4) is 0 Å². The molecule has 2 rings (SSSR count). The number of carboxylic acid groups (broad SMARTS) is 1. The van der Waals surface area contributed by atoms with Crippen LogP contribution in [0.15, 0.2) is 24.5 Å². The first-order chi connectivity index (χ1) is 9.60. The zero-order valence-electron chi connectivity index (χ0n) is 11.7. The summed E-state index contributed by atoms with van der Waals surface area (Å²) in [6.45, 7) is 2.48. The Morgan fingerprint density at radius 3 is 2.90 bits per heavy atom. The molecule has 0 aromatic carbocycles. The lowest BCUT2D eigenvalue weighted by atomic mass is 9.90. The fourth-order valence-electron chi connectivity index (χ4n) is 3.02. The molecular formula is C15H20N2O3. The predicted octanol–water partition coefficient (Wildman–Crippen LogP) is 1.87. The Morgan fingerprint density at radius 1 is 1.50 bits per heavy atom. The van der Waals surface area contributed by atoms with Crippen molar-refractivity contribution in [1.29, 1.82) is 0 Å². The Hall–Kier alpha value is -1.91. The van der Waals surface area contributed by atoms with Gasteiger partial charge in [0.15, 0.2) is 0 Å². The van der Waals surface area contributed by atoms with Crippen LogP contribution in [0.4, 0.5) is 0 Å². The standard InChI is InChI=1S/C15H20N2O3/c1-2-6-15(14(19)20)7-4-9-17(15)13(18)10-12-5-3-8-16-11-12/h3,5,8,11H,2,4,6-7,9-10H2,1H3,(H,19,20). The number of carbonyl (C=O) groups excluding carboxylic acids is 1. The van der Waals surface area contributed by atoms with Crippen LogP contribution < -0.4 is 0 Å². The minimum atomic E-state index is -1.01. The first-order valence-electron chi connectivity index (χ1n) is 7.03. The van der Waals surface area contributed by atoms with Crippen molar-refractivity contribution in [2.45, 2.75) is 44.6 Å². The molecule has 0 spiro atoms. The van der Waals surface area contributed by atoms with E-state index in [1.165, 1.54) is 0 Å². The topological polar surface area (TPSA) is 70.5 Å². The van der Waals surface area contributed by atoms with Crippen molar-refractivity contribution in [2.75, 3.05) is 6.54 Å². The van der Waals surface area contributed by atoms with Gasteiger partial charge in [-0.3, -0.25) is 9.78 Å². The van der Waals surface area contributed by atoms with Gasteiger partial charge in [0.05, 0.1) is 6.42 Å². The highest BCUT2D eigenvalue weighted by Gasteiger charge is 2.48. The van der Waals surface area contributed by atoms with Gasteiger partial charge in [-0.1, -0.05) is 19.4 Å². The van der Waals surface area contributed by atoms with E-state index in [1.54, 1.807) is 23.4 Å². The molecule has 1 aromatic rings. The van der Waals surface area contributed by atoms with Crippen molar-refractivity contribution >= 4 is 11.9 Å². The minimum absolute atomic E-state index is 0.119. The summed E-state index contributed by atoms with van der Waals surface area (Å²) >= 11 is 0. The third-order valence-electron chi connectivity index (χ3n) is 3.93. The highest BCUT2D eigenvalue weighted by atomic mass is 16.4. The third kappa shape index (κ3) is 2.66. The molecule has 2 heterocycles. The second kappa shape index (κ2) is 6.03. The highest BCUT2D eigenvalue weighted by molar-refractivity contribution is 5.88. The number of aromatic nitrogens is 1. The third-order valence-corrected chi connectivity index (χ3v) is 3.93. The summed E-state index contributed by atoms with van der Waals surface area (Å²) in [6, 6.07) is 3.62. The first-order valence-corrected chi connectivity index (χ1v) is 7.03. The van der Waals surface area contributed by atoms with E-state index in [0.717, 1.165) is 18.4 Å². The van der Waals surface area contributed by atoms with E-state index in [1.807, 2.05) is 13.0 Å². The molecule has 1 N–H and O–H groups in total. The van der Waals surface area contributed by atoms with E-state index in [-0.39, 0.29) is 12.3 Å². The van der Waals surface area contributed by atoms with Crippen molar-refractivity contribution < 1.29 is 14.7 Å². The smallest absolute Gasteiger partial charge is 0.329 e. The Bertz CT molecular complexity index is 489. The number of aliphatic carboxylic acids is 1. The number of hydrogen-bond donors (Lipinski definition) is 1. The first kappa shape index (κ1) is 14.5. The van der Waals surface area contributed by atoms with Crippen molar-refractivity contribution in [1.82, 2.24) is 9.88 Å². The fourth-order valence-corrected chi connectivity index (χ4v) is 3.02. The number of hydrogen-bond acceptors (Lipinski definition) is 3. The van der Waals surface area contributed by atoms with E-state index < -0.39 is 11.5 Å². The van der Waals surface area contributed by atoms with Crippen molar-refractivity contribution in [3.05, 3.63) is 30.1 Å². The number of amides is 1. The van der Waals surface area contributed by atoms with E-state index in [0.29, 0.717) is 19.4 Å². The quantitative estimate of drug-likeness (QED) is 0.891. The summed E-state index contributed by atoms with van der Waals surface area (Å²) < 4.78 is 0. The zero-order chi connectivity index (χ0) is 14.6. The molecule has 1 atom stereocenters. The predicted molar refractivity (Wildman–Crippen MR) is 74.2 cm³/mol. The van der Waals surface area contributed by atoms with Gasteiger partial charge in [-0.05, 0) is 30.9 Å². The Labute approximate surface area is 118 Å². The number of carbonyl (C=O) groups is 2. The molecule has 20 heavy (non-hydrogen) atoms. The lowest BCUT2D eigenvalue weighted by Crippen LogP contribution is -2.53. The Balaban J connectivity index is 2.17. The average Bonchev–Trinajstić information content (AvgIpc) is 2.85. The van der Waals surface area contributed by atoms with E-state index >= 15 is 0 Å². The molecule has 5 nitrogen and oxygen atoms in total. The lowest BCUT2D eigenvalue weighted by molar-refractivity contribution is -0.156. The van der Waals surface area contributed by atoms with Crippen molar-refractivity contribution in [2.24, 2.45) is 0 Å². The molecule has 0 saturated carbocycles. The Morgan fingerprint density at radius 2 is 2.30 bits per heavy atom. The maximum Gasteiger partial charge on any atom is 0.329 e. The number of likely N-dealkylation sites (tertiary alicyclic amines) is 1. The molecule has 1 aliphatic heterocycles. The van der Waals surface area contributed by atoms with Gasteiger partial charge in [-0.25, -0.2) is 4.79 Å². The SMILES string of the molecule is CCCC1(C(=O)O)CCCN1C(=O)Cc1cccnc1. The van der Waals surface area contributed by atoms with Gasteiger partial charge in [0.2, 0.25) is 5.91 Å². The molecule has 1 amide bonds. The molecule has 1 unspecified atom stereocenters. The van der Waals surface area contributed by atoms with Crippen LogP contribution in [-0.4, -0.2) is 39.0 Å². The number of rotatable bonds is 5. The summed E-state index contributed by atoms with van der Waals surface area (Å²) in [5, 5.41) is 9.57. The van der Waals surface area contributed by atoms with Gasteiger partial charge in [-0.15, -0.1) is 0 Å². The summed E-state index contributed by atoms with van der Waals surface area (Å²) in [5.41, 5.74) is -0.186. The van der Waals surface area contributed by atoms with Gasteiger partial charge in [0, 0.05) is 18.9 Å². The molecule has 0 aliphatic carbocycles. The van der Waals surface area contributed by atoms with E-state index in [2.05, 4.69) is 4.98 Å². The minimum Gasteiger partial charge on any atom is -0.479 e. The molecule has 1 fully saturated rings. The van der Waals surface area contributed by atoms with Crippen LogP contribution in [0.2, 0.25) is 0 Å². The molecule has 0 bridgehead atoms. The zero-order valence-corrected chi connectivity index (χ0v) is 11.7. The van der Waals surface area contributed by atoms with Crippen LogP contribution in [0, 0.1) is 0 Å². The number of nitrogens with zero attached hydrogens (tertiary/aromatic N) is 2. The average molecular weight is 276 g/mol. The number of pyridine rings is 1. The maximum absolute atomic E-state index is 12.4. The molecule has 1 aliphatic rings. The summed E-state index contributed by atoms with van der Waals surface area (Å²) in [6.07, 6.45) is 6.09. The monoisotopic (exact) mass is 276 g/mol. The summed E-state index contributed by atoms with van der Waals surface area (Å²) in [5.74, 6) is -0.997. The lowest BCUT2D eigenvalue weighted by Gasteiger charge is -2.34. The van der Waals surface area contributed by atoms with E-state index in [4.69, 9.17) is 0 Å². The van der Waals surface area contributed by atoms with Crippen molar-refractivity contribution in [3.63, 3.8) is 0 Å². The molecule has 5 heteroatoms. The molecule has 108 valence electrons. The van der Waals surface area contributed by atoms with Gasteiger partial charge < -0.3 is 10.0 Å². The van der Waals surface area contributed by atoms with Crippen LogP contribution in [-0.2, 0) is 16.0 Å². The number of carboxylic acids is 1. The summed E-state index contributed by atoms with van der Waals surface area (Å²) in [4.78, 5) is 29.7. The van der Waals surface area contributed by atoms with Crippen LogP contribution >= 0.6 is 0 Å². The van der Waals surface area contributed by atoms with Gasteiger partial charge >= 0.3 is 5.97 Å². The summed E-state index contributed by atoms with van der Waals surface area (Å²) in [7, 11) is 0. The fraction of sp³-hybridized carbons (Fsp3) is 0.533. The van der Waals surface area contributed by atoms with Gasteiger partial charge in [0.1, 0.15) is 5.54 Å². The van der Waals surface area contributed by atoms with Crippen LogP contribution in [0.3, 0.4) is 0 Å². The molecule has 0 radical (unpaired) electrons. The molecular weight excluding hydrogens is 256 g/mol. The van der Waals surface area contributed by atoms with Crippen LogP contribution in [0.25, 0.3) is 0 Å². The van der Waals surface area contributed by atoms with Crippen LogP contribution in [0.1, 0.15) is 38.2 Å². The Kier molecular flexibility index (Phi) is 4.37. The highest BCUT2D eigenvalue weighted by Crippen LogP contribution is 2.34. The van der Waals surface area contributed by atoms with Crippen LogP contribution in [0.5, 0.6) is 0 Å².